The maximum atomic E-state index is 11.4. The average molecular weight is 277 g/mol. The number of nitrogens with one attached hydrogen (secondary N) is 3. The van der Waals surface area contributed by atoms with E-state index in [1.54, 1.807) is 37.4 Å². The van der Waals surface area contributed by atoms with Gasteiger partial charge in [0.1, 0.15) is 5.75 Å². The van der Waals surface area contributed by atoms with E-state index < -0.39 is 0 Å². The summed E-state index contributed by atoms with van der Waals surface area (Å²) in [4.78, 5) is 22.4. The molecule has 6 heteroatoms. The van der Waals surface area contributed by atoms with Crippen molar-refractivity contribution in [2.75, 3.05) is 25.5 Å². The predicted molar refractivity (Wildman–Crippen MR) is 77.8 cm³/mol. The van der Waals surface area contributed by atoms with Crippen molar-refractivity contribution in [1.29, 1.82) is 0 Å². The molecule has 0 aliphatic heterocycles. The minimum Gasteiger partial charge on any atom is -0.493 e. The van der Waals surface area contributed by atoms with Crippen LogP contribution in [0.15, 0.2) is 36.9 Å². The summed E-state index contributed by atoms with van der Waals surface area (Å²) < 4.78 is 5.40. The molecule has 0 saturated carbocycles. The van der Waals surface area contributed by atoms with E-state index >= 15 is 0 Å². The number of hydrogen-bond acceptors (Lipinski definition) is 3. The van der Waals surface area contributed by atoms with Crippen molar-refractivity contribution in [1.82, 2.24) is 10.6 Å². The van der Waals surface area contributed by atoms with Crippen LogP contribution in [0.2, 0.25) is 0 Å². The third-order valence-electron chi connectivity index (χ3n) is 2.40. The highest BCUT2D eigenvalue weighted by Crippen LogP contribution is 2.15. The average Bonchev–Trinajstić information content (AvgIpc) is 2.46. The van der Waals surface area contributed by atoms with Crippen molar-refractivity contribution < 1.29 is 14.3 Å². The molecule has 0 atom stereocenters. The van der Waals surface area contributed by atoms with Crippen LogP contribution in [0.4, 0.5) is 10.5 Å². The molecule has 0 saturated heterocycles. The van der Waals surface area contributed by atoms with Crippen molar-refractivity contribution in [2.45, 2.75) is 6.42 Å². The van der Waals surface area contributed by atoms with E-state index in [2.05, 4.69) is 22.5 Å². The second kappa shape index (κ2) is 8.58. The first-order valence-corrected chi connectivity index (χ1v) is 6.25. The van der Waals surface area contributed by atoms with Crippen molar-refractivity contribution in [3.63, 3.8) is 0 Å². The number of carbonyl (C=O) groups excluding carboxylic acids is 2. The third kappa shape index (κ3) is 5.90. The quantitative estimate of drug-likeness (QED) is 0.661. The third-order valence-corrected chi connectivity index (χ3v) is 2.40. The number of urea groups is 1. The van der Waals surface area contributed by atoms with E-state index in [0.717, 1.165) is 0 Å². The molecule has 0 spiro atoms. The lowest BCUT2D eigenvalue weighted by molar-refractivity contribution is -0.121. The van der Waals surface area contributed by atoms with Gasteiger partial charge in [0.25, 0.3) is 0 Å². The minimum absolute atomic E-state index is 0.0674. The predicted octanol–water partition coefficient (Wildman–Crippen LogP) is 1.51. The summed E-state index contributed by atoms with van der Waals surface area (Å²) in [6.07, 6.45) is 1.91. The topological polar surface area (TPSA) is 79.5 Å². The van der Waals surface area contributed by atoms with Crippen molar-refractivity contribution in [2.24, 2.45) is 0 Å². The van der Waals surface area contributed by atoms with Gasteiger partial charge in [-0.1, -0.05) is 6.08 Å². The molecular formula is C14H19N3O3. The van der Waals surface area contributed by atoms with E-state index in [9.17, 15) is 9.59 Å². The molecule has 0 fully saturated rings. The molecular weight excluding hydrogens is 258 g/mol. The first-order valence-electron chi connectivity index (χ1n) is 6.25. The number of benzene rings is 1. The fraction of sp³-hybridized carbons (Fsp3) is 0.286. The molecule has 20 heavy (non-hydrogen) atoms. The van der Waals surface area contributed by atoms with Crippen LogP contribution in [-0.4, -0.2) is 32.1 Å². The van der Waals surface area contributed by atoms with Gasteiger partial charge in [-0.15, -0.1) is 6.58 Å². The summed E-state index contributed by atoms with van der Waals surface area (Å²) in [6, 6.07) is 6.61. The van der Waals surface area contributed by atoms with E-state index in [0.29, 0.717) is 31.0 Å². The van der Waals surface area contributed by atoms with Gasteiger partial charge in [-0.3, -0.25) is 4.79 Å². The van der Waals surface area contributed by atoms with Gasteiger partial charge in [0.05, 0.1) is 13.0 Å². The SMILES string of the molecule is C=CCNC(=O)Nc1ccc(OCCC(=O)NC)cc1. The standard InChI is InChI=1S/C14H19N3O3/c1-3-9-16-14(19)17-11-4-6-12(7-5-11)20-10-8-13(18)15-2/h3-7H,1,8-10H2,2H3,(H,15,18)(H2,16,17,19). The van der Waals surface area contributed by atoms with Gasteiger partial charge >= 0.3 is 6.03 Å². The molecule has 1 aromatic carbocycles. The Morgan fingerprint density at radius 3 is 2.60 bits per heavy atom. The number of anilines is 1. The van der Waals surface area contributed by atoms with Crippen LogP contribution in [0, 0.1) is 0 Å². The Labute approximate surface area is 118 Å². The second-order valence-electron chi connectivity index (χ2n) is 3.92. The fourth-order valence-corrected chi connectivity index (χ4v) is 1.36. The molecule has 1 aromatic rings. The van der Waals surface area contributed by atoms with Gasteiger partial charge in [-0.05, 0) is 24.3 Å². The van der Waals surface area contributed by atoms with E-state index in [4.69, 9.17) is 4.74 Å². The lowest BCUT2D eigenvalue weighted by atomic mass is 10.3. The summed E-state index contributed by atoms with van der Waals surface area (Å²) in [7, 11) is 1.58. The molecule has 0 bridgehead atoms. The Morgan fingerprint density at radius 1 is 1.30 bits per heavy atom. The molecule has 6 nitrogen and oxygen atoms in total. The van der Waals surface area contributed by atoms with Crippen LogP contribution in [0.25, 0.3) is 0 Å². The van der Waals surface area contributed by atoms with E-state index in [1.807, 2.05) is 0 Å². The minimum atomic E-state index is -0.293. The van der Waals surface area contributed by atoms with Crippen LogP contribution in [-0.2, 0) is 4.79 Å². The Balaban J connectivity index is 2.38. The van der Waals surface area contributed by atoms with Gasteiger partial charge in [0, 0.05) is 19.3 Å². The maximum absolute atomic E-state index is 11.4. The van der Waals surface area contributed by atoms with Gasteiger partial charge < -0.3 is 20.7 Å². The Kier molecular flexibility index (Phi) is 6.67. The zero-order valence-corrected chi connectivity index (χ0v) is 11.4. The molecule has 0 radical (unpaired) electrons. The first-order chi connectivity index (χ1) is 9.65. The summed E-state index contributed by atoms with van der Waals surface area (Å²) in [5.74, 6) is 0.577. The molecule has 1 rings (SSSR count). The monoisotopic (exact) mass is 277 g/mol. The molecule has 0 heterocycles. The number of amides is 3. The normalized spacial score (nSPS) is 9.45. The van der Waals surface area contributed by atoms with Crippen LogP contribution < -0.4 is 20.7 Å². The van der Waals surface area contributed by atoms with Gasteiger partial charge in [-0.25, -0.2) is 4.79 Å². The highest BCUT2D eigenvalue weighted by molar-refractivity contribution is 5.89. The van der Waals surface area contributed by atoms with Gasteiger partial charge in [0.15, 0.2) is 0 Å². The Bertz CT molecular complexity index is 457. The lowest BCUT2D eigenvalue weighted by Crippen LogP contribution is -2.28. The van der Waals surface area contributed by atoms with Crippen molar-refractivity contribution in [3.05, 3.63) is 36.9 Å². The molecule has 3 N–H and O–H groups in total. The highest BCUT2D eigenvalue weighted by Gasteiger charge is 2.01. The summed E-state index contributed by atoms with van der Waals surface area (Å²) in [5.41, 5.74) is 0.658. The molecule has 0 aliphatic carbocycles. The Morgan fingerprint density at radius 2 is 2.00 bits per heavy atom. The van der Waals surface area contributed by atoms with E-state index in [-0.39, 0.29) is 11.9 Å². The molecule has 3 amide bonds. The highest BCUT2D eigenvalue weighted by atomic mass is 16.5. The zero-order chi connectivity index (χ0) is 14.8. The van der Waals surface area contributed by atoms with E-state index in [1.165, 1.54) is 0 Å². The second-order valence-corrected chi connectivity index (χ2v) is 3.92. The zero-order valence-electron chi connectivity index (χ0n) is 11.4. The Hall–Kier alpha value is -2.50. The van der Waals surface area contributed by atoms with Crippen LogP contribution in [0.5, 0.6) is 5.75 Å². The maximum Gasteiger partial charge on any atom is 0.319 e. The summed E-state index contributed by atoms with van der Waals surface area (Å²) >= 11 is 0. The summed E-state index contributed by atoms with van der Waals surface area (Å²) in [5, 5.41) is 7.79. The first kappa shape index (κ1) is 15.6. The fourth-order valence-electron chi connectivity index (χ4n) is 1.36. The number of ether oxygens (including phenoxy) is 1. The molecule has 0 unspecified atom stereocenters. The lowest BCUT2D eigenvalue weighted by Gasteiger charge is -2.08. The van der Waals surface area contributed by atoms with Gasteiger partial charge in [0.2, 0.25) is 5.91 Å². The van der Waals surface area contributed by atoms with Crippen molar-refractivity contribution >= 4 is 17.6 Å². The number of hydrogen-bond donors (Lipinski definition) is 3. The van der Waals surface area contributed by atoms with Crippen molar-refractivity contribution in [3.8, 4) is 5.75 Å². The van der Waals surface area contributed by atoms with Crippen LogP contribution in [0.3, 0.4) is 0 Å². The van der Waals surface area contributed by atoms with Gasteiger partial charge in [-0.2, -0.15) is 0 Å². The molecule has 0 aromatic heterocycles. The van der Waals surface area contributed by atoms with Crippen LogP contribution >= 0.6 is 0 Å². The molecule has 108 valence electrons. The van der Waals surface area contributed by atoms with Crippen LogP contribution in [0.1, 0.15) is 6.42 Å². The largest absolute Gasteiger partial charge is 0.493 e. The molecule has 0 aliphatic rings. The summed E-state index contributed by atoms with van der Waals surface area (Å²) in [6.45, 7) is 4.23. The number of carbonyl (C=O) groups is 2. The smallest absolute Gasteiger partial charge is 0.319 e. The number of rotatable bonds is 7.